The summed E-state index contributed by atoms with van der Waals surface area (Å²) in [5, 5.41) is 1.53. The van der Waals surface area contributed by atoms with Crippen molar-refractivity contribution in [2.75, 3.05) is 6.61 Å². The number of hydrogen-bond donors (Lipinski definition) is 0. The summed E-state index contributed by atoms with van der Waals surface area (Å²) >= 11 is 0. The van der Waals surface area contributed by atoms with Crippen molar-refractivity contribution < 1.29 is 9.47 Å². The second-order valence-corrected chi connectivity index (χ2v) is 12.2. The number of benzene rings is 2. The van der Waals surface area contributed by atoms with Crippen molar-refractivity contribution >= 4 is 13.3 Å². The van der Waals surface area contributed by atoms with E-state index in [2.05, 4.69) is 67.7 Å². The zero-order valence-corrected chi connectivity index (χ0v) is 15.8. The average molecular weight is 341 g/mol. The lowest BCUT2D eigenvalue weighted by molar-refractivity contribution is -0.0144. The highest BCUT2D eigenvalue weighted by Gasteiger charge is 2.33. The Labute approximate surface area is 146 Å². The quantitative estimate of drug-likeness (QED) is 0.697. The van der Waals surface area contributed by atoms with E-state index in [1.807, 2.05) is 6.07 Å². The van der Waals surface area contributed by atoms with E-state index in [-0.39, 0.29) is 6.10 Å². The Hall–Kier alpha value is -1.42. The van der Waals surface area contributed by atoms with E-state index < -0.39 is 8.07 Å². The summed E-state index contributed by atoms with van der Waals surface area (Å²) in [5.74, 6) is 0. The predicted octanol–water partition coefficient (Wildman–Crippen LogP) is 4.37. The molecule has 0 aliphatic carbocycles. The Morgan fingerprint density at radius 2 is 1.54 bits per heavy atom. The predicted molar refractivity (Wildman–Crippen MR) is 102 cm³/mol. The van der Waals surface area contributed by atoms with Gasteiger partial charge in [-0.3, -0.25) is 0 Å². The van der Waals surface area contributed by atoms with Crippen LogP contribution in [0.25, 0.3) is 0 Å². The number of hydrogen-bond acceptors (Lipinski definition) is 2. The Bertz CT molecular complexity index is 612. The van der Waals surface area contributed by atoms with Crippen LogP contribution in [0.15, 0.2) is 60.7 Å². The molecule has 2 aromatic rings. The molecule has 0 N–H and O–H groups in total. The molecule has 24 heavy (non-hydrogen) atoms. The highest BCUT2D eigenvalue weighted by Crippen LogP contribution is 2.27. The lowest BCUT2D eigenvalue weighted by Gasteiger charge is -2.26. The zero-order chi connectivity index (χ0) is 16.8. The van der Waals surface area contributed by atoms with Gasteiger partial charge in [0, 0.05) is 0 Å². The maximum absolute atomic E-state index is 6.27. The first kappa shape index (κ1) is 17.4. The highest BCUT2D eigenvalue weighted by molar-refractivity contribution is 6.89. The molecule has 3 rings (SSSR count). The van der Waals surface area contributed by atoms with Crippen LogP contribution < -0.4 is 5.19 Å². The van der Waals surface area contributed by atoms with E-state index in [1.165, 1.54) is 23.2 Å². The molecule has 0 amide bonds. The summed E-state index contributed by atoms with van der Waals surface area (Å²) in [4.78, 5) is 0. The molecule has 0 saturated carbocycles. The van der Waals surface area contributed by atoms with Gasteiger partial charge in [0.1, 0.15) is 0 Å². The molecule has 0 spiro atoms. The van der Waals surface area contributed by atoms with Crippen LogP contribution in [0.1, 0.15) is 18.4 Å². The Balaban J connectivity index is 1.44. The van der Waals surface area contributed by atoms with Crippen LogP contribution in [-0.4, -0.2) is 26.9 Å². The lowest BCUT2D eigenvalue weighted by atomic mass is 10.2. The van der Waals surface area contributed by atoms with Crippen molar-refractivity contribution in [2.45, 2.75) is 50.8 Å². The molecule has 1 heterocycles. The second-order valence-electron chi connectivity index (χ2n) is 7.41. The third-order valence-electron chi connectivity index (χ3n) is 4.90. The van der Waals surface area contributed by atoms with Crippen molar-refractivity contribution in [1.82, 2.24) is 0 Å². The van der Waals surface area contributed by atoms with Crippen LogP contribution in [-0.2, 0) is 16.1 Å². The van der Waals surface area contributed by atoms with Gasteiger partial charge in [-0.25, -0.2) is 0 Å². The van der Waals surface area contributed by atoms with E-state index in [0.717, 1.165) is 6.42 Å². The highest BCUT2D eigenvalue weighted by atomic mass is 28.3. The van der Waals surface area contributed by atoms with Crippen LogP contribution >= 0.6 is 0 Å². The zero-order valence-electron chi connectivity index (χ0n) is 14.8. The number of rotatable bonds is 7. The molecule has 3 heteroatoms. The van der Waals surface area contributed by atoms with Crippen LogP contribution in [0.3, 0.4) is 0 Å². The Morgan fingerprint density at radius 3 is 2.25 bits per heavy atom. The third-order valence-corrected chi connectivity index (χ3v) is 8.28. The van der Waals surface area contributed by atoms with Gasteiger partial charge >= 0.3 is 0 Å². The van der Waals surface area contributed by atoms with E-state index >= 15 is 0 Å². The molecule has 0 unspecified atom stereocenters. The molecule has 0 radical (unpaired) electrons. The first-order valence-corrected chi connectivity index (χ1v) is 12.2. The molecule has 2 atom stereocenters. The van der Waals surface area contributed by atoms with Crippen molar-refractivity contribution in [1.29, 1.82) is 0 Å². The fourth-order valence-corrected chi connectivity index (χ4v) is 6.28. The van der Waals surface area contributed by atoms with E-state index in [4.69, 9.17) is 9.47 Å². The summed E-state index contributed by atoms with van der Waals surface area (Å²) in [7, 11) is -1.42. The molecule has 1 aliphatic rings. The lowest BCUT2D eigenvalue weighted by Crippen LogP contribution is -2.44. The Kier molecular flexibility index (Phi) is 5.88. The van der Waals surface area contributed by atoms with Crippen LogP contribution in [0.5, 0.6) is 0 Å². The SMILES string of the molecule is C[Si](C)(C[C@@H]1CC[C@H](COCc2ccccc2)O1)c1ccccc1. The standard InChI is InChI=1S/C21H28O2Si/c1-24(2,21-11-7-4-8-12-21)17-20-14-13-19(23-20)16-22-15-18-9-5-3-6-10-18/h3-12,19-20H,13-17H2,1-2H3/t19-,20+/m1/s1. The van der Waals surface area contributed by atoms with Gasteiger partial charge in [-0.15, -0.1) is 0 Å². The molecule has 2 aromatic carbocycles. The molecule has 128 valence electrons. The maximum Gasteiger partial charge on any atom is 0.0831 e. The largest absolute Gasteiger partial charge is 0.374 e. The summed E-state index contributed by atoms with van der Waals surface area (Å²) in [6.45, 7) is 6.28. The molecule has 1 saturated heterocycles. The van der Waals surface area contributed by atoms with Gasteiger partial charge in [-0.05, 0) is 24.4 Å². The van der Waals surface area contributed by atoms with Crippen LogP contribution in [0.2, 0.25) is 19.1 Å². The topological polar surface area (TPSA) is 18.5 Å². The van der Waals surface area contributed by atoms with Gasteiger partial charge in [0.2, 0.25) is 0 Å². The van der Waals surface area contributed by atoms with Gasteiger partial charge in [-0.2, -0.15) is 0 Å². The minimum absolute atomic E-state index is 0.263. The molecule has 2 nitrogen and oxygen atoms in total. The van der Waals surface area contributed by atoms with Gasteiger partial charge in [0.25, 0.3) is 0 Å². The molecular weight excluding hydrogens is 312 g/mol. The molecule has 1 fully saturated rings. The van der Waals surface area contributed by atoms with Crippen molar-refractivity contribution in [3.05, 3.63) is 66.2 Å². The van der Waals surface area contributed by atoms with Crippen LogP contribution in [0.4, 0.5) is 0 Å². The summed E-state index contributed by atoms with van der Waals surface area (Å²) in [6, 6.07) is 22.5. The fourth-order valence-electron chi connectivity index (χ4n) is 3.51. The summed E-state index contributed by atoms with van der Waals surface area (Å²) < 4.78 is 12.1. The molecule has 0 aromatic heterocycles. The minimum Gasteiger partial charge on any atom is -0.374 e. The molecule has 1 aliphatic heterocycles. The third kappa shape index (κ3) is 4.79. The minimum atomic E-state index is -1.42. The first-order chi connectivity index (χ1) is 11.6. The Morgan fingerprint density at radius 1 is 0.917 bits per heavy atom. The van der Waals surface area contributed by atoms with E-state index in [1.54, 1.807) is 0 Å². The first-order valence-electron chi connectivity index (χ1n) is 8.96. The van der Waals surface area contributed by atoms with Crippen molar-refractivity contribution in [3.63, 3.8) is 0 Å². The average Bonchev–Trinajstić information content (AvgIpc) is 3.03. The van der Waals surface area contributed by atoms with Gasteiger partial charge in [-0.1, -0.05) is 78.9 Å². The van der Waals surface area contributed by atoms with E-state index in [9.17, 15) is 0 Å². The fraction of sp³-hybridized carbons (Fsp3) is 0.429. The van der Waals surface area contributed by atoms with E-state index in [0.29, 0.717) is 19.3 Å². The smallest absolute Gasteiger partial charge is 0.0831 e. The van der Waals surface area contributed by atoms with Crippen molar-refractivity contribution in [2.24, 2.45) is 0 Å². The maximum atomic E-state index is 6.27. The van der Waals surface area contributed by atoms with Gasteiger partial charge in [0.05, 0.1) is 33.5 Å². The van der Waals surface area contributed by atoms with Gasteiger partial charge in [0.15, 0.2) is 0 Å². The summed E-state index contributed by atoms with van der Waals surface area (Å²) in [6.07, 6.45) is 2.96. The summed E-state index contributed by atoms with van der Waals surface area (Å²) in [5.41, 5.74) is 1.23. The number of ether oxygens (including phenoxy) is 2. The molecular formula is C21H28O2Si. The molecule has 0 bridgehead atoms. The second kappa shape index (κ2) is 8.10. The van der Waals surface area contributed by atoms with Gasteiger partial charge < -0.3 is 9.47 Å². The monoisotopic (exact) mass is 340 g/mol. The van der Waals surface area contributed by atoms with Crippen molar-refractivity contribution in [3.8, 4) is 0 Å². The van der Waals surface area contributed by atoms with Crippen LogP contribution in [0, 0.1) is 0 Å². The normalized spacial score (nSPS) is 21.1.